The molecule has 0 radical (unpaired) electrons. The van der Waals surface area contributed by atoms with Crippen LogP contribution in [0.25, 0.3) is 0 Å². The van der Waals surface area contributed by atoms with E-state index in [9.17, 15) is 0 Å². The topological polar surface area (TPSA) is 9.23 Å². The lowest BCUT2D eigenvalue weighted by Gasteiger charge is -2.06. The van der Waals surface area contributed by atoms with Crippen LogP contribution in [0.3, 0.4) is 0 Å². The molecule has 0 saturated heterocycles. The zero-order valence-electron chi connectivity index (χ0n) is 8.48. The molecule has 0 bridgehead atoms. The summed E-state index contributed by atoms with van der Waals surface area (Å²) < 4.78 is 5.44. The van der Waals surface area contributed by atoms with E-state index in [1.807, 2.05) is 6.92 Å². The average molecular weight is 193 g/mol. The Bertz CT molecular complexity index is 79.8. The van der Waals surface area contributed by atoms with Gasteiger partial charge in [0, 0.05) is 18.6 Å². The van der Waals surface area contributed by atoms with Gasteiger partial charge in [0.15, 0.2) is 0 Å². The van der Waals surface area contributed by atoms with Crippen LogP contribution in [0, 0.1) is 5.92 Å². The van der Waals surface area contributed by atoms with Crippen LogP contribution in [0.4, 0.5) is 0 Å². The molecular weight excluding hydrogens is 172 g/mol. The number of hydrogen-bond acceptors (Lipinski definition) is 1. The highest BCUT2D eigenvalue weighted by molar-refractivity contribution is 6.20. The van der Waals surface area contributed by atoms with Crippen molar-refractivity contribution in [1.29, 1.82) is 0 Å². The van der Waals surface area contributed by atoms with Gasteiger partial charge in [-0.25, -0.2) is 0 Å². The molecule has 0 N–H and O–H groups in total. The molecular formula is C10H21ClO. The van der Waals surface area contributed by atoms with Crippen LogP contribution in [0.2, 0.25) is 0 Å². The molecule has 0 aromatic heterocycles. The fourth-order valence-electron chi connectivity index (χ4n) is 0.888. The second-order valence-electron chi connectivity index (χ2n) is 3.72. The van der Waals surface area contributed by atoms with Gasteiger partial charge in [-0.2, -0.15) is 0 Å². The molecule has 74 valence electrons. The highest BCUT2D eigenvalue weighted by atomic mass is 35.5. The SMILES string of the molecule is CC(C)CCOCCCC(C)Cl. The van der Waals surface area contributed by atoms with Gasteiger partial charge >= 0.3 is 0 Å². The summed E-state index contributed by atoms with van der Waals surface area (Å²) in [5.41, 5.74) is 0. The first kappa shape index (κ1) is 12.2. The third kappa shape index (κ3) is 10.2. The predicted octanol–water partition coefficient (Wildman–Crippen LogP) is 3.46. The largest absolute Gasteiger partial charge is 0.381 e. The average Bonchev–Trinajstić information content (AvgIpc) is 1.95. The molecule has 0 saturated carbocycles. The van der Waals surface area contributed by atoms with Crippen molar-refractivity contribution < 1.29 is 4.74 Å². The van der Waals surface area contributed by atoms with Crippen molar-refractivity contribution in [3.63, 3.8) is 0 Å². The van der Waals surface area contributed by atoms with Crippen molar-refractivity contribution in [1.82, 2.24) is 0 Å². The van der Waals surface area contributed by atoms with Crippen molar-refractivity contribution in [2.24, 2.45) is 5.92 Å². The lowest BCUT2D eigenvalue weighted by Crippen LogP contribution is -2.02. The zero-order chi connectivity index (χ0) is 9.40. The highest BCUT2D eigenvalue weighted by Gasteiger charge is 1.96. The van der Waals surface area contributed by atoms with Crippen LogP contribution in [0.15, 0.2) is 0 Å². The van der Waals surface area contributed by atoms with Crippen molar-refractivity contribution in [3.05, 3.63) is 0 Å². The molecule has 1 atom stereocenters. The van der Waals surface area contributed by atoms with Crippen molar-refractivity contribution in [2.45, 2.75) is 45.4 Å². The van der Waals surface area contributed by atoms with E-state index in [0.717, 1.165) is 38.4 Å². The maximum Gasteiger partial charge on any atom is 0.0468 e. The molecule has 1 unspecified atom stereocenters. The summed E-state index contributed by atoms with van der Waals surface area (Å²) in [6.07, 6.45) is 3.31. The molecule has 0 amide bonds. The Morgan fingerprint density at radius 3 is 2.25 bits per heavy atom. The molecule has 12 heavy (non-hydrogen) atoms. The van der Waals surface area contributed by atoms with Gasteiger partial charge in [0.1, 0.15) is 0 Å². The fraction of sp³-hybridized carbons (Fsp3) is 1.00. The Balaban J connectivity index is 2.91. The molecule has 0 aromatic rings. The van der Waals surface area contributed by atoms with E-state index >= 15 is 0 Å². The zero-order valence-corrected chi connectivity index (χ0v) is 9.23. The second-order valence-corrected chi connectivity index (χ2v) is 4.46. The van der Waals surface area contributed by atoms with E-state index < -0.39 is 0 Å². The molecule has 0 fully saturated rings. The minimum atomic E-state index is 0.290. The Labute approximate surface area is 81.4 Å². The lowest BCUT2D eigenvalue weighted by atomic mass is 10.1. The van der Waals surface area contributed by atoms with Crippen LogP contribution in [-0.2, 0) is 4.74 Å². The molecule has 0 rings (SSSR count). The maximum atomic E-state index is 5.79. The third-order valence-corrected chi connectivity index (χ3v) is 1.95. The Kier molecular flexibility index (Phi) is 8.04. The normalized spacial score (nSPS) is 13.8. The first-order chi connectivity index (χ1) is 5.63. The summed E-state index contributed by atoms with van der Waals surface area (Å²) >= 11 is 5.79. The molecule has 2 heteroatoms. The predicted molar refractivity (Wildman–Crippen MR) is 54.8 cm³/mol. The Hall–Kier alpha value is 0.250. The summed E-state index contributed by atoms with van der Waals surface area (Å²) in [6, 6.07) is 0. The monoisotopic (exact) mass is 192 g/mol. The number of alkyl halides is 1. The van der Waals surface area contributed by atoms with Crippen molar-refractivity contribution in [3.8, 4) is 0 Å². The van der Waals surface area contributed by atoms with Gasteiger partial charge in [-0.05, 0) is 32.1 Å². The van der Waals surface area contributed by atoms with Crippen LogP contribution >= 0.6 is 11.6 Å². The van der Waals surface area contributed by atoms with Gasteiger partial charge in [0.2, 0.25) is 0 Å². The van der Waals surface area contributed by atoms with Gasteiger partial charge in [-0.3, -0.25) is 0 Å². The van der Waals surface area contributed by atoms with Crippen LogP contribution in [0.5, 0.6) is 0 Å². The standard InChI is InChI=1S/C10H21ClO/c1-9(2)6-8-12-7-4-5-10(3)11/h9-10H,4-8H2,1-3H3. The van der Waals surface area contributed by atoms with E-state index in [1.54, 1.807) is 0 Å². The van der Waals surface area contributed by atoms with E-state index in [4.69, 9.17) is 16.3 Å². The summed E-state index contributed by atoms with van der Waals surface area (Å²) in [5.74, 6) is 0.747. The molecule has 0 aromatic carbocycles. The van der Waals surface area contributed by atoms with Crippen molar-refractivity contribution >= 4 is 11.6 Å². The van der Waals surface area contributed by atoms with Gasteiger partial charge in [-0.15, -0.1) is 11.6 Å². The summed E-state index contributed by atoms with van der Waals surface area (Å²) in [4.78, 5) is 0. The van der Waals surface area contributed by atoms with Crippen LogP contribution in [0.1, 0.15) is 40.0 Å². The van der Waals surface area contributed by atoms with Gasteiger partial charge in [0.25, 0.3) is 0 Å². The quantitative estimate of drug-likeness (QED) is 0.444. The Morgan fingerprint density at radius 1 is 1.08 bits per heavy atom. The molecule has 0 aliphatic carbocycles. The summed E-state index contributed by atoms with van der Waals surface area (Å²) in [7, 11) is 0. The van der Waals surface area contributed by atoms with E-state index in [-0.39, 0.29) is 0 Å². The number of rotatable bonds is 7. The number of halogens is 1. The van der Waals surface area contributed by atoms with Gasteiger partial charge in [0.05, 0.1) is 0 Å². The van der Waals surface area contributed by atoms with E-state index in [2.05, 4.69) is 13.8 Å². The number of ether oxygens (including phenoxy) is 1. The minimum absolute atomic E-state index is 0.290. The van der Waals surface area contributed by atoms with Gasteiger partial charge in [-0.1, -0.05) is 13.8 Å². The number of hydrogen-bond donors (Lipinski definition) is 0. The van der Waals surface area contributed by atoms with E-state index in [0.29, 0.717) is 5.38 Å². The third-order valence-electron chi connectivity index (χ3n) is 1.73. The minimum Gasteiger partial charge on any atom is -0.381 e. The molecule has 0 heterocycles. The highest BCUT2D eigenvalue weighted by Crippen LogP contribution is 2.04. The summed E-state index contributed by atoms with van der Waals surface area (Å²) in [6.45, 7) is 8.21. The molecule has 0 spiro atoms. The smallest absolute Gasteiger partial charge is 0.0468 e. The molecule has 1 nitrogen and oxygen atoms in total. The lowest BCUT2D eigenvalue weighted by molar-refractivity contribution is 0.120. The second kappa shape index (κ2) is 7.88. The molecule has 0 aliphatic heterocycles. The maximum absolute atomic E-state index is 5.79. The van der Waals surface area contributed by atoms with Gasteiger partial charge < -0.3 is 4.74 Å². The van der Waals surface area contributed by atoms with Crippen LogP contribution in [-0.4, -0.2) is 18.6 Å². The fourth-order valence-corrected chi connectivity index (χ4v) is 1.04. The summed E-state index contributed by atoms with van der Waals surface area (Å²) in [5, 5.41) is 0.290. The molecule has 0 aliphatic rings. The first-order valence-electron chi connectivity index (χ1n) is 4.84. The van der Waals surface area contributed by atoms with Crippen molar-refractivity contribution in [2.75, 3.05) is 13.2 Å². The Morgan fingerprint density at radius 2 is 1.75 bits per heavy atom. The van der Waals surface area contributed by atoms with E-state index in [1.165, 1.54) is 0 Å². The first-order valence-corrected chi connectivity index (χ1v) is 5.28. The van der Waals surface area contributed by atoms with Crippen LogP contribution < -0.4 is 0 Å².